The highest BCUT2D eigenvalue weighted by Gasteiger charge is 2.01. The number of rotatable bonds is 16. The van der Waals surface area contributed by atoms with Crippen LogP contribution in [0, 0.1) is 0 Å². The van der Waals surface area contributed by atoms with Crippen LogP contribution >= 0.6 is 0 Å². The first-order chi connectivity index (χ1) is 11.2. The first-order valence-electron chi connectivity index (χ1n) is 9.40. The van der Waals surface area contributed by atoms with Gasteiger partial charge >= 0.3 is 5.97 Å². The second kappa shape index (κ2) is 17.3. The van der Waals surface area contributed by atoms with Gasteiger partial charge in [0.05, 0.1) is 6.10 Å². The highest BCUT2D eigenvalue weighted by molar-refractivity contribution is 5.66. The smallest absolute Gasteiger partial charge is 0.303 e. The van der Waals surface area contributed by atoms with E-state index < -0.39 is 12.1 Å². The van der Waals surface area contributed by atoms with Crippen molar-refractivity contribution in [2.45, 2.75) is 96.5 Å². The van der Waals surface area contributed by atoms with Crippen LogP contribution in [0.4, 0.5) is 0 Å². The third kappa shape index (κ3) is 18.9. The normalized spacial score (nSPS) is 13.1. The largest absolute Gasteiger partial charge is 0.481 e. The molecule has 0 spiro atoms. The van der Waals surface area contributed by atoms with Crippen molar-refractivity contribution in [3.8, 4) is 0 Å². The average molecular weight is 325 g/mol. The van der Waals surface area contributed by atoms with Crippen LogP contribution in [0.1, 0.15) is 90.4 Å². The van der Waals surface area contributed by atoms with Gasteiger partial charge in [-0.25, -0.2) is 0 Å². The van der Waals surface area contributed by atoms with Crippen molar-refractivity contribution in [3.63, 3.8) is 0 Å². The van der Waals surface area contributed by atoms with Gasteiger partial charge in [-0.15, -0.1) is 0 Å². The number of allylic oxidation sites excluding steroid dienone is 3. The van der Waals surface area contributed by atoms with E-state index in [1.807, 2.05) is 12.2 Å². The summed E-state index contributed by atoms with van der Waals surface area (Å²) in [5.41, 5.74) is 0. The Morgan fingerprint density at radius 3 is 2.13 bits per heavy atom. The summed E-state index contributed by atoms with van der Waals surface area (Å²) < 4.78 is 0. The van der Waals surface area contributed by atoms with Crippen molar-refractivity contribution in [3.05, 3.63) is 24.3 Å². The fourth-order valence-corrected chi connectivity index (χ4v) is 2.50. The second-order valence-electron chi connectivity index (χ2n) is 6.28. The highest BCUT2D eigenvalue weighted by atomic mass is 16.4. The van der Waals surface area contributed by atoms with E-state index in [0.717, 1.165) is 6.42 Å². The van der Waals surface area contributed by atoms with Gasteiger partial charge in [0.15, 0.2) is 0 Å². The third-order valence-electron chi connectivity index (χ3n) is 3.95. The summed E-state index contributed by atoms with van der Waals surface area (Å²) >= 11 is 0. The summed E-state index contributed by atoms with van der Waals surface area (Å²) in [7, 11) is 0. The van der Waals surface area contributed by atoms with Crippen LogP contribution in [0.5, 0.6) is 0 Å². The van der Waals surface area contributed by atoms with E-state index in [-0.39, 0.29) is 6.42 Å². The molecule has 0 saturated heterocycles. The molecule has 3 nitrogen and oxygen atoms in total. The predicted octanol–water partition coefficient (Wildman–Crippen LogP) is 5.64. The molecule has 0 aliphatic rings. The maximum atomic E-state index is 10.4. The lowest BCUT2D eigenvalue weighted by Gasteiger charge is -2.02. The number of hydrogen-bond donors (Lipinski definition) is 2. The van der Waals surface area contributed by atoms with Gasteiger partial charge in [-0.05, 0) is 25.7 Å². The fraction of sp³-hybridized carbons (Fsp3) is 0.750. The summed E-state index contributed by atoms with van der Waals surface area (Å²) in [6.45, 7) is 2.25. The summed E-state index contributed by atoms with van der Waals surface area (Å²) in [5.74, 6) is -0.804. The molecule has 0 aliphatic heterocycles. The third-order valence-corrected chi connectivity index (χ3v) is 3.95. The van der Waals surface area contributed by atoms with Crippen molar-refractivity contribution in [2.75, 3.05) is 0 Å². The van der Waals surface area contributed by atoms with Crippen LogP contribution < -0.4 is 0 Å². The van der Waals surface area contributed by atoms with E-state index in [1.54, 1.807) is 6.08 Å². The van der Waals surface area contributed by atoms with Gasteiger partial charge in [-0.1, -0.05) is 82.6 Å². The minimum absolute atomic E-state index is 0.124. The number of hydrogen-bond acceptors (Lipinski definition) is 2. The fourth-order valence-electron chi connectivity index (χ4n) is 2.50. The maximum absolute atomic E-state index is 10.4. The quantitative estimate of drug-likeness (QED) is 0.285. The Morgan fingerprint density at radius 1 is 0.913 bits per heavy atom. The van der Waals surface area contributed by atoms with Crippen molar-refractivity contribution in [1.82, 2.24) is 0 Å². The maximum Gasteiger partial charge on any atom is 0.303 e. The Bertz CT molecular complexity index is 321. The molecule has 0 aromatic carbocycles. The van der Waals surface area contributed by atoms with Crippen LogP contribution in [0.2, 0.25) is 0 Å². The molecule has 1 unspecified atom stereocenters. The van der Waals surface area contributed by atoms with Gasteiger partial charge in [-0.2, -0.15) is 0 Å². The Balaban J connectivity index is 3.36. The Hall–Kier alpha value is -1.09. The van der Waals surface area contributed by atoms with E-state index >= 15 is 0 Å². The van der Waals surface area contributed by atoms with Crippen LogP contribution in [0.3, 0.4) is 0 Å². The van der Waals surface area contributed by atoms with Crippen molar-refractivity contribution in [1.29, 1.82) is 0 Å². The Labute approximate surface area is 142 Å². The summed E-state index contributed by atoms with van der Waals surface area (Å²) in [4.78, 5) is 10.4. The zero-order chi connectivity index (χ0) is 17.2. The van der Waals surface area contributed by atoms with Crippen molar-refractivity contribution < 1.29 is 15.0 Å². The van der Waals surface area contributed by atoms with E-state index in [9.17, 15) is 9.90 Å². The van der Waals surface area contributed by atoms with E-state index in [2.05, 4.69) is 13.0 Å². The first kappa shape index (κ1) is 21.9. The number of carboxylic acid groups (broad SMARTS) is 1. The molecule has 0 radical (unpaired) electrons. The van der Waals surface area contributed by atoms with Crippen LogP contribution in [-0.2, 0) is 4.79 Å². The molecule has 0 bridgehead atoms. The molecule has 134 valence electrons. The van der Waals surface area contributed by atoms with Crippen LogP contribution in [0.25, 0.3) is 0 Å². The zero-order valence-electron chi connectivity index (χ0n) is 14.9. The van der Waals surface area contributed by atoms with Gasteiger partial charge in [0.25, 0.3) is 0 Å². The van der Waals surface area contributed by atoms with Crippen LogP contribution in [-0.4, -0.2) is 22.3 Å². The standard InChI is InChI=1S/C20H36O3/c1-2-3-4-5-6-7-8-9-10-11-12-13-14-16-19(21)17-15-18-20(22)23/h12-14,16,19,21H,2-11,15,17-18H2,1H3,(H,22,23)/b13-12+,16-14+. The summed E-state index contributed by atoms with van der Waals surface area (Å²) in [5, 5.41) is 18.1. The molecule has 0 aromatic rings. The molecule has 0 heterocycles. The van der Waals surface area contributed by atoms with Gasteiger partial charge < -0.3 is 10.2 Å². The lowest BCUT2D eigenvalue weighted by Crippen LogP contribution is -2.03. The molecule has 0 aliphatic carbocycles. The van der Waals surface area contributed by atoms with Crippen molar-refractivity contribution >= 4 is 5.97 Å². The molecule has 0 saturated carbocycles. The highest BCUT2D eigenvalue weighted by Crippen LogP contribution is 2.10. The monoisotopic (exact) mass is 324 g/mol. The lowest BCUT2D eigenvalue weighted by molar-refractivity contribution is -0.137. The minimum atomic E-state index is -0.804. The molecule has 1 atom stereocenters. The predicted molar refractivity (Wildman–Crippen MR) is 97.6 cm³/mol. The van der Waals surface area contributed by atoms with Gasteiger partial charge in [0.1, 0.15) is 0 Å². The molecule has 0 amide bonds. The van der Waals surface area contributed by atoms with Crippen molar-refractivity contribution in [2.24, 2.45) is 0 Å². The van der Waals surface area contributed by atoms with E-state index in [4.69, 9.17) is 5.11 Å². The van der Waals surface area contributed by atoms with E-state index in [0.29, 0.717) is 12.8 Å². The second-order valence-corrected chi connectivity index (χ2v) is 6.28. The minimum Gasteiger partial charge on any atom is -0.481 e. The molecule has 3 heteroatoms. The number of aliphatic hydroxyl groups is 1. The molecular formula is C20H36O3. The SMILES string of the molecule is CCCCCCCCCCC/C=C/C=C/C(O)CCCC(=O)O. The van der Waals surface area contributed by atoms with Crippen LogP contribution in [0.15, 0.2) is 24.3 Å². The molecule has 0 aromatic heterocycles. The van der Waals surface area contributed by atoms with Gasteiger partial charge in [0, 0.05) is 6.42 Å². The molecular weight excluding hydrogens is 288 g/mol. The Morgan fingerprint density at radius 2 is 1.52 bits per heavy atom. The average Bonchev–Trinajstić information content (AvgIpc) is 2.51. The Kier molecular flexibility index (Phi) is 16.4. The van der Waals surface area contributed by atoms with Gasteiger partial charge in [-0.3, -0.25) is 4.79 Å². The first-order valence-corrected chi connectivity index (χ1v) is 9.40. The molecule has 2 N–H and O–H groups in total. The molecule has 0 fully saturated rings. The molecule has 0 rings (SSSR count). The number of carbonyl (C=O) groups is 1. The number of aliphatic carboxylic acids is 1. The lowest BCUT2D eigenvalue weighted by atomic mass is 10.1. The van der Waals surface area contributed by atoms with E-state index in [1.165, 1.54) is 57.8 Å². The molecule has 23 heavy (non-hydrogen) atoms. The number of aliphatic hydroxyl groups excluding tert-OH is 1. The summed E-state index contributed by atoms with van der Waals surface area (Å²) in [6, 6.07) is 0. The zero-order valence-corrected chi connectivity index (χ0v) is 14.9. The topological polar surface area (TPSA) is 57.5 Å². The number of unbranched alkanes of at least 4 members (excludes halogenated alkanes) is 9. The number of carboxylic acids is 1. The van der Waals surface area contributed by atoms with Gasteiger partial charge in [0.2, 0.25) is 0 Å². The summed E-state index contributed by atoms with van der Waals surface area (Å²) in [6.07, 6.45) is 21.6.